The Morgan fingerprint density at radius 1 is 1.23 bits per heavy atom. The van der Waals surface area contributed by atoms with E-state index in [1.165, 1.54) is 12.3 Å². The van der Waals surface area contributed by atoms with Crippen LogP contribution in [-0.4, -0.2) is 39.4 Å². The Morgan fingerprint density at radius 3 is 2.88 bits per heavy atom. The molecule has 2 N–H and O–H groups in total. The molecule has 0 radical (unpaired) electrons. The van der Waals surface area contributed by atoms with Crippen LogP contribution in [0.25, 0.3) is 22.4 Å². The van der Waals surface area contributed by atoms with Crippen LogP contribution in [0, 0.1) is 0 Å². The summed E-state index contributed by atoms with van der Waals surface area (Å²) in [6, 6.07) is 5.72. The summed E-state index contributed by atoms with van der Waals surface area (Å²) in [4.78, 5) is 8.16. The van der Waals surface area contributed by atoms with Crippen LogP contribution in [-0.2, 0) is 6.18 Å². The van der Waals surface area contributed by atoms with Gasteiger partial charge in [0.15, 0.2) is 5.65 Å². The second-order valence-electron chi connectivity index (χ2n) is 6.12. The van der Waals surface area contributed by atoms with Gasteiger partial charge in [0.1, 0.15) is 12.3 Å². The van der Waals surface area contributed by atoms with Crippen LogP contribution in [0.15, 0.2) is 30.5 Å². The van der Waals surface area contributed by atoms with Gasteiger partial charge in [0, 0.05) is 23.7 Å². The molecule has 0 bridgehead atoms. The first-order valence-corrected chi connectivity index (χ1v) is 8.26. The van der Waals surface area contributed by atoms with Crippen molar-refractivity contribution in [3.63, 3.8) is 0 Å². The lowest BCUT2D eigenvalue weighted by atomic mass is 10.1. The number of hydrogen-bond acceptors (Lipinski definition) is 5. The fourth-order valence-electron chi connectivity index (χ4n) is 3.06. The van der Waals surface area contributed by atoms with E-state index in [1.807, 2.05) is 0 Å². The Labute approximate surface area is 146 Å². The molecule has 0 aromatic carbocycles. The number of ether oxygens (including phenoxy) is 1. The first-order valence-electron chi connectivity index (χ1n) is 8.26. The number of hydrogen-bond donors (Lipinski definition) is 2. The largest absolute Gasteiger partial charge is 0.476 e. The highest BCUT2D eigenvalue weighted by Gasteiger charge is 2.36. The van der Waals surface area contributed by atoms with Crippen LogP contribution in [0.5, 0.6) is 5.88 Å². The molecular formula is C17H16F3N5O. The van der Waals surface area contributed by atoms with E-state index in [-0.39, 0.29) is 23.3 Å². The summed E-state index contributed by atoms with van der Waals surface area (Å²) in [5, 5.41) is 10.3. The fourth-order valence-corrected chi connectivity index (χ4v) is 3.06. The highest BCUT2D eigenvalue weighted by atomic mass is 19.4. The van der Waals surface area contributed by atoms with E-state index < -0.39 is 11.7 Å². The van der Waals surface area contributed by atoms with Gasteiger partial charge in [-0.15, -0.1) is 0 Å². The lowest BCUT2D eigenvalue weighted by molar-refractivity contribution is -0.137. The third kappa shape index (κ3) is 3.22. The van der Waals surface area contributed by atoms with Gasteiger partial charge in [-0.05, 0) is 37.6 Å². The van der Waals surface area contributed by atoms with Gasteiger partial charge in [-0.2, -0.15) is 18.3 Å². The average molecular weight is 363 g/mol. The minimum atomic E-state index is -4.55. The van der Waals surface area contributed by atoms with Crippen LogP contribution in [0.3, 0.4) is 0 Å². The molecule has 0 spiro atoms. The molecule has 1 saturated heterocycles. The van der Waals surface area contributed by atoms with Crippen molar-refractivity contribution in [3.8, 4) is 17.3 Å². The van der Waals surface area contributed by atoms with Crippen LogP contribution in [0.1, 0.15) is 18.4 Å². The van der Waals surface area contributed by atoms with Gasteiger partial charge in [0.05, 0.1) is 11.3 Å². The Balaban J connectivity index is 1.73. The van der Waals surface area contributed by atoms with E-state index in [9.17, 15) is 13.2 Å². The predicted octanol–water partition coefficient (Wildman–Crippen LogP) is 3.17. The number of alkyl halides is 3. The van der Waals surface area contributed by atoms with E-state index in [1.54, 1.807) is 12.1 Å². The number of halogens is 3. The number of nitrogens with zero attached hydrogens (tertiary/aromatic N) is 3. The number of fused-ring (bicyclic) bond motifs is 1. The molecule has 4 heterocycles. The molecule has 136 valence electrons. The third-order valence-electron chi connectivity index (χ3n) is 4.34. The molecule has 0 saturated carbocycles. The first-order chi connectivity index (χ1) is 12.5. The topological polar surface area (TPSA) is 75.7 Å². The molecule has 4 rings (SSSR count). The maximum atomic E-state index is 13.5. The summed E-state index contributed by atoms with van der Waals surface area (Å²) in [7, 11) is 0. The maximum absolute atomic E-state index is 13.5. The van der Waals surface area contributed by atoms with Crippen LogP contribution < -0.4 is 10.1 Å². The molecular weight excluding hydrogens is 347 g/mol. The van der Waals surface area contributed by atoms with Gasteiger partial charge in [-0.3, -0.25) is 5.10 Å². The smallest absolute Gasteiger partial charge is 0.418 e. The number of aromatic amines is 1. The summed E-state index contributed by atoms with van der Waals surface area (Å²) in [5.74, 6) is 0.147. The summed E-state index contributed by atoms with van der Waals surface area (Å²) in [6.07, 6.45) is -0.982. The second-order valence-corrected chi connectivity index (χ2v) is 6.12. The highest BCUT2D eigenvalue weighted by molar-refractivity contribution is 5.90. The van der Waals surface area contributed by atoms with Crippen molar-refractivity contribution in [1.82, 2.24) is 25.5 Å². The maximum Gasteiger partial charge on any atom is 0.418 e. The minimum Gasteiger partial charge on any atom is -0.476 e. The van der Waals surface area contributed by atoms with E-state index in [0.29, 0.717) is 17.6 Å². The molecule has 1 aliphatic heterocycles. The molecule has 0 aliphatic carbocycles. The minimum absolute atomic E-state index is 0.147. The molecule has 1 fully saturated rings. The van der Waals surface area contributed by atoms with E-state index in [4.69, 9.17) is 4.74 Å². The summed E-state index contributed by atoms with van der Waals surface area (Å²) in [5.41, 5.74) is -0.591. The molecule has 0 amide bonds. The molecule has 26 heavy (non-hydrogen) atoms. The van der Waals surface area contributed by atoms with E-state index in [0.717, 1.165) is 25.5 Å². The van der Waals surface area contributed by atoms with Crippen LogP contribution >= 0.6 is 0 Å². The van der Waals surface area contributed by atoms with Gasteiger partial charge in [-0.25, -0.2) is 9.97 Å². The number of pyridine rings is 2. The van der Waals surface area contributed by atoms with Gasteiger partial charge >= 0.3 is 6.18 Å². The Kier molecular flexibility index (Phi) is 4.23. The van der Waals surface area contributed by atoms with Crippen molar-refractivity contribution >= 4 is 11.0 Å². The van der Waals surface area contributed by atoms with Gasteiger partial charge in [0.2, 0.25) is 5.88 Å². The quantitative estimate of drug-likeness (QED) is 0.745. The van der Waals surface area contributed by atoms with Crippen molar-refractivity contribution in [3.05, 3.63) is 36.0 Å². The van der Waals surface area contributed by atoms with Crippen LogP contribution in [0.2, 0.25) is 0 Å². The Morgan fingerprint density at radius 2 is 2.12 bits per heavy atom. The van der Waals surface area contributed by atoms with Crippen molar-refractivity contribution in [2.75, 3.05) is 13.2 Å². The molecule has 6 nitrogen and oxygen atoms in total. The average Bonchev–Trinajstić information content (AvgIpc) is 3.28. The second kappa shape index (κ2) is 6.56. The lowest BCUT2D eigenvalue weighted by Gasteiger charge is -2.15. The van der Waals surface area contributed by atoms with Crippen molar-refractivity contribution in [1.29, 1.82) is 0 Å². The van der Waals surface area contributed by atoms with E-state index in [2.05, 4.69) is 25.5 Å². The lowest BCUT2D eigenvalue weighted by Crippen LogP contribution is -2.28. The van der Waals surface area contributed by atoms with Crippen molar-refractivity contribution in [2.24, 2.45) is 0 Å². The van der Waals surface area contributed by atoms with Crippen LogP contribution in [0.4, 0.5) is 13.2 Å². The molecule has 1 aliphatic rings. The number of H-pyrrole nitrogens is 1. The van der Waals surface area contributed by atoms with Crippen molar-refractivity contribution < 1.29 is 17.9 Å². The standard InChI is InChI=1S/C17H16F3N5O/c18-17(19,20)12-5-6-13(26-9-10-3-1-7-21-10)23-15(12)14-11-4-2-8-22-16(11)25-24-14/h2,4-6,8,10,21H,1,3,7,9H2,(H,22,24,25)/t10-/m0/s1. The summed E-state index contributed by atoms with van der Waals surface area (Å²) >= 11 is 0. The Bertz CT molecular complexity index is 918. The van der Waals surface area contributed by atoms with Gasteiger partial charge < -0.3 is 10.1 Å². The van der Waals surface area contributed by atoms with Gasteiger partial charge in [0.25, 0.3) is 0 Å². The monoisotopic (exact) mass is 363 g/mol. The number of rotatable bonds is 4. The molecule has 0 unspecified atom stereocenters. The predicted molar refractivity (Wildman–Crippen MR) is 88.6 cm³/mol. The summed E-state index contributed by atoms with van der Waals surface area (Å²) < 4.78 is 46.0. The number of nitrogens with one attached hydrogen (secondary N) is 2. The highest BCUT2D eigenvalue weighted by Crippen LogP contribution is 2.38. The first kappa shape index (κ1) is 16.8. The fraction of sp³-hybridized carbons (Fsp3) is 0.353. The van der Waals surface area contributed by atoms with Gasteiger partial charge in [-0.1, -0.05) is 0 Å². The zero-order valence-corrected chi connectivity index (χ0v) is 13.7. The normalized spacial score (nSPS) is 17.7. The third-order valence-corrected chi connectivity index (χ3v) is 4.34. The zero-order chi connectivity index (χ0) is 18.1. The molecule has 1 atom stereocenters. The summed E-state index contributed by atoms with van der Waals surface area (Å²) in [6.45, 7) is 1.29. The Hall–Kier alpha value is -2.68. The van der Waals surface area contributed by atoms with E-state index >= 15 is 0 Å². The molecule has 9 heteroatoms. The molecule has 3 aromatic heterocycles. The SMILES string of the molecule is FC(F)(F)c1ccc(OC[C@@H]2CCCN2)nc1-c1[nH]nc2ncccc12. The van der Waals surface area contributed by atoms with Crippen molar-refractivity contribution in [2.45, 2.75) is 25.1 Å². The number of aromatic nitrogens is 4. The zero-order valence-electron chi connectivity index (χ0n) is 13.7. The molecule has 3 aromatic rings.